The van der Waals surface area contributed by atoms with Gasteiger partial charge in [-0.05, 0) is 12.8 Å². The number of unbranched alkanes of at least 4 members (excludes halogenated alkanes) is 4. The Labute approximate surface area is 113 Å². The first-order valence-corrected chi connectivity index (χ1v) is 6.78. The normalized spacial score (nSPS) is 12.9. The van der Waals surface area contributed by atoms with Gasteiger partial charge in [-0.1, -0.05) is 99.6 Å². The Hall–Kier alpha value is -1.56. The third-order valence-corrected chi connectivity index (χ3v) is 2.36. The lowest BCUT2D eigenvalue weighted by Crippen LogP contribution is -1.72. The van der Waals surface area contributed by atoms with Crippen molar-refractivity contribution in [3.8, 4) is 0 Å². The molecule has 0 heterocycles. The van der Waals surface area contributed by atoms with Gasteiger partial charge in [0.15, 0.2) is 0 Å². The third-order valence-electron chi connectivity index (χ3n) is 2.36. The Kier molecular flexibility index (Phi) is 14.1. The van der Waals surface area contributed by atoms with Crippen LogP contribution in [0.15, 0.2) is 66.8 Å². The van der Waals surface area contributed by atoms with Crippen LogP contribution in [0.2, 0.25) is 0 Å². The Morgan fingerprint density at radius 3 is 1.78 bits per heavy atom. The fraction of sp³-hybridized carbons (Fsp3) is 0.333. The highest BCUT2D eigenvalue weighted by Gasteiger charge is 1.82. The number of allylic oxidation sites excluding steroid dienone is 11. The monoisotopic (exact) mass is 241 g/mol. The maximum absolute atomic E-state index is 5.19. The molecule has 0 atom stereocenters. The van der Waals surface area contributed by atoms with Crippen LogP contribution in [0.1, 0.15) is 39.0 Å². The van der Waals surface area contributed by atoms with E-state index in [9.17, 15) is 0 Å². The Bertz CT molecular complexity index is 311. The van der Waals surface area contributed by atoms with Crippen molar-refractivity contribution in [3.05, 3.63) is 73.4 Å². The summed E-state index contributed by atoms with van der Waals surface area (Å²) in [5.74, 6) is 0. The minimum atomic E-state index is 1.19. The van der Waals surface area contributed by atoms with Gasteiger partial charge in [0, 0.05) is 0 Å². The Morgan fingerprint density at radius 1 is 0.667 bits per heavy atom. The molecule has 0 aromatic heterocycles. The largest absolute Gasteiger partial charge is 0.0845 e. The molecule has 97 valence electrons. The van der Waals surface area contributed by atoms with Crippen LogP contribution in [0.5, 0.6) is 0 Å². The molecule has 0 amide bonds. The summed E-state index contributed by atoms with van der Waals surface area (Å²) in [7, 11) is 0. The van der Waals surface area contributed by atoms with E-state index in [2.05, 4.69) is 25.2 Å². The average molecular weight is 241 g/mol. The minimum Gasteiger partial charge on any atom is -0.0845 e. The lowest BCUT2D eigenvalue weighted by Gasteiger charge is -1.92. The standard InChI is InChI=1S/C18H25/c1-3-5-7-9-11-13-15-17-18-16-14-12-10-8-6-4-2/h1,3,5,7,9,11,13-18H,4,6,8,10,12H2,2H3/b3-1?,7-5+,11-9+,15-13+,16-14+,18-17+. The fourth-order valence-electron chi connectivity index (χ4n) is 1.38. The van der Waals surface area contributed by atoms with Crippen LogP contribution in [0.25, 0.3) is 0 Å². The highest BCUT2D eigenvalue weighted by atomic mass is 13.9. The first-order chi connectivity index (χ1) is 8.91. The van der Waals surface area contributed by atoms with E-state index in [0.29, 0.717) is 0 Å². The summed E-state index contributed by atoms with van der Waals surface area (Å²) >= 11 is 0. The first kappa shape index (κ1) is 16.4. The average Bonchev–Trinajstić information content (AvgIpc) is 2.39. The zero-order valence-electron chi connectivity index (χ0n) is 11.5. The van der Waals surface area contributed by atoms with Crippen LogP contribution < -0.4 is 0 Å². The van der Waals surface area contributed by atoms with Gasteiger partial charge in [-0.25, -0.2) is 0 Å². The second-order valence-electron chi connectivity index (χ2n) is 4.01. The van der Waals surface area contributed by atoms with Crippen LogP contribution in [0, 0.1) is 6.58 Å². The quantitative estimate of drug-likeness (QED) is 0.338. The van der Waals surface area contributed by atoms with E-state index >= 15 is 0 Å². The molecular weight excluding hydrogens is 216 g/mol. The van der Waals surface area contributed by atoms with Crippen molar-refractivity contribution in [2.75, 3.05) is 0 Å². The molecule has 0 unspecified atom stereocenters. The number of hydrogen-bond acceptors (Lipinski definition) is 0. The summed E-state index contributed by atoms with van der Waals surface area (Å²) in [5, 5.41) is 0. The van der Waals surface area contributed by atoms with E-state index in [4.69, 9.17) is 6.58 Å². The van der Waals surface area contributed by atoms with Crippen LogP contribution in [-0.2, 0) is 0 Å². The molecule has 0 aromatic carbocycles. The summed E-state index contributed by atoms with van der Waals surface area (Å²) in [6.07, 6.45) is 28.1. The number of hydrogen-bond donors (Lipinski definition) is 0. The summed E-state index contributed by atoms with van der Waals surface area (Å²) in [6, 6.07) is 0. The molecule has 0 aliphatic rings. The lowest BCUT2D eigenvalue weighted by atomic mass is 10.1. The van der Waals surface area contributed by atoms with E-state index in [1.165, 1.54) is 38.2 Å². The molecule has 0 N–H and O–H groups in total. The molecule has 0 rings (SSSR count). The molecule has 0 aromatic rings. The first-order valence-electron chi connectivity index (χ1n) is 6.78. The van der Waals surface area contributed by atoms with Gasteiger partial charge < -0.3 is 0 Å². The fourth-order valence-corrected chi connectivity index (χ4v) is 1.38. The van der Waals surface area contributed by atoms with Crippen molar-refractivity contribution in [2.45, 2.75) is 39.0 Å². The van der Waals surface area contributed by atoms with Gasteiger partial charge in [0.25, 0.3) is 0 Å². The van der Waals surface area contributed by atoms with Crippen LogP contribution in [0.3, 0.4) is 0 Å². The second-order valence-corrected chi connectivity index (χ2v) is 4.01. The maximum Gasteiger partial charge on any atom is -0.0348 e. The van der Waals surface area contributed by atoms with Crippen LogP contribution in [0.4, 0.5) is 0 Å². The second kappa shape index (κ2) is 15.4. The Morgan fingerprint density at radius 2 is 1.22 bits per heavy atom. The van der Waals surface area contributed by atoms with Crippen molar-refractivity contribution >= 4 is 0 Å². The zero-order chi connectivity index (χ0) is 13.3. The van der Waals surface area contributed by atoms with E-state index in [1.54, 1.807) is 6.08 Å². The van der Waals surface area contributed by atoms with Gasteiger partial charge >= 0.3 is 0 Å². The smallest absolute Gasteiger partial charge is 0.0348 e. The van der Waals surface area contributed by atoms with Crippen LogP contribution in [-0.4, -0.2) is 0 Å². The van der Waals surface area contributed by atoms with Crippen LogP contribution >= 0.6 is 0 Å². The van der Waals surface area contributed by atoms with Crippen molar-refractivity contribution in [1.82, 2.24) is 0 Å². The van der Waals surface area contributed by atoms with E-state index in [-0.39, 0.29) is 0 Å². The molecule has 0 aliphatic heterocycles. The molecule has 0 aliphatic carbocycles. The SMILES string of the molecule is [CH]=C/C=C/C=C/C=C/C=C/C=C/CCCCCC. The summed E-state index contributed by atoms with van der Waals surface area (Å²) in [4.78, 5) is 0. The minimum absolute atomic E-state index is 1.19. The van der Waals surface area contributed by atoms with Gasteiger partial charge in [0.05, 0.1) is 0 Å². The molecule has 0 spiro atoms. The summed E-state index contributed by atoms with van der Waals surface area (Å²) in [6.45, 7) is 7.43. The van der Waals surface area contributed by atoms with Gasteiger partial charge in [0.2, 0.25) is 0 Å². The van der Waals surface area contributed by atoms with Gasteiger partial charge in [-0.3, -0.25) is 0 Å². The van der Waals surface area contributed by atoms with Crippen molar-refractivity contribution < 1.29 is 0 Å². The van der Waals surface area contributed by atoms with Gasteiger partial charge in [-0.2, -0.15) is 0 Å². The zero-order valence-corrected chi connectivity index (χ0v) is 11.5. The van der Waals surface area contributed by atoms with Gasteiger partial charge in [-0.15, -0.1) is 0 Å². The molecule has 0 fully saturated rings. The Balaban J connectivity index is 3.54. The van der Waals surface area contributed by atoms with Gasteiger partial charge in [0.1, 0.15) is 0 Å². The molecule has 0 bridgehead atoms. The molecule has 18 heavy (non-hydrogen) atoms. The summed E-state index contributed by atoms with van der Waals surface area (Å²) in [5.41, 5.74) is 0. The summed E-state index contributed by atoms with van der Waals surface area (Å²) < 4.78 is 0. The van der Waals surface area contributed by atoms with Crippen molar-refractivity contribution in [1.29, 1.82) is 0 Å². The molecule has 0 heteroatoms. The molecule has 0 saturated carbocycles. The molecular formula is C18H25. The van der Waals surface area contributed by atoms with Crippen molar-refractivity contribution in [2.24, 2.45) is 0 Å². The predicted octanol–water partition coefficient (Wildman–Crippen LogP) is 5.73. The molecule has 0 nitrogen and oxygen atoms in total. The predicted molar refractivity (Wildman–Crippen MR) is 83.3 cm³/mol. The van der Waals surface area contributed by atoms with E-state index in [1.807, 2.05) is 36.5 Å². The molecule has 1 radical (unpaired) electrons. The van der Waals surface area contributed by atoms with E-state index < -0.39 is 0 Å². The highest BCUT2D eigenvalue weighted by molar-refractivity contribution is 5.18. The van der Waals surface area contributed by atoms with Crippen molar-refractivity contribution in [3.63, 3.8) is 0 Å². The third kappa shape index (κ3) is 14.4. The highest BCUT2D eigenvalue weighted by Crippen LogP contribution is 2.02. The number of rotatable bonds is 10. The topological polar surface area (TPSA) is 0 Å². The molecule has 0 saturated heterocycles. The maximum atomic E-state index is 5.19. The van der Waals surface area contributed by atoms with E-state index in [0.717, 1.165) is 0 Å². The lowest BCUT2D eigenvalue weighted by molar-refractivity contribution is 0.674.